The number of nitrogens with one attached hydrogen (secondary N) is 3. The molecule has 0 aromatic heterocycles. The second-order valence-electron chi connectivity index (χ2n) is 13.3. The molecule has 0 fully saturated rings. The van der Waals surface area contributed by atoms with E-state index >= 15 is 0 Å². The number of nitro benzene ring substituents is 1. The molecule has 3 N–H and O–H groups in total. The van der Waals surface area contributed by atoms with Crippen molar-refractivity contribution in [2.75, 3.05) is 32.2 Å². The maximum absolute atomic E-state index is 13.6. The fourth-order valence-corrected chi connectivity index (χ4v) is 5.26. The highest BCUT2D eigenvalue weighted by Gasteiger charge is 2.27. The van der Waals surface area contributed by atoms with Crippen molar-refractivity contribution in [3.8, 4) is 17.2 Å². The number of carbonyl (C=O) groups excluding carboxylic acids is 5. The Balaban J connectivity index is 1.75. The summed E-state index contributed by atoms with van der Waals surface area (Å²) in [7, 11) is 1.33. The zero-order valence-electron chi connectivity index (χ0n) is 32.4. The highest BCUT2D eigenvalue weighted by Crippen LogP contribution is 2.32. The highest BCUT2D eigenvalue weighted by molar-refractivity contribution is 7.98. The van der Waals surface area contributed by atoms with E-state index in [0.717, 1.165) is 17.7 Å². The van der Waals surface area contributed by atoms with E-state index in [1.165, 1.54) is 49.2 Å². The lowest BCUT2D eigenvalue weighted by atomic mass is 10.1. The molecule has 0 saturated heterocycles. The fourth-order valence-electron chi connectivity index (χ4n) is 4.87. The van der Waals surface area contributed by atoms with Gasteiger partial charge in [0.1, 0.15) is 30.1 Å². The van der Waals surface area contributed by atoms with Gasteiger partial charge in [-0.25, -0.2) is 19.2 Å². The summed E-state index contributed by atoms with van der Waals surface area (Å²) >= 11 is 1.49. The number of carbonyl (C=O) groups is 5. The average molecular weight is 813 g/mol. The predicted octanol–water partition coefficient (Wildman–Crippen LogP) is 6.62. The molecule has 57 heavy (non-hydrogen) atoms. The van der Waals surface area contributed by atoms with Crippen molar-refractivity contribution in [2.24, 2.45) is 0 Å². The number of non-ortho nitro benzene ring substituents is 1. The molecule has 308 valence electrons. The molecule has 0 aliphatic rings. The standard InChI is InChI=1S/C39H48N4O13S/c1-39(2,3)56-36(46)40-21-10-9-13-30(42-37(47)52-25-26-11-7-6-8-12-26)35(45)54-31-19-14-27(23-32(31)51-4)33(24-41-34(44)20-22-57-5)55-38(48)53-29-17-15-28(16-18-29)43(49)50/h6-8,11-12,14-19,23,30,33H,9-10,13,20-22,24-25H2,1-5H3,(H,40,46)(H,41,44)(H,42,47)/t30-,33?/m0/s1. The summed E-state index contributed by atoms with van der Waals surface area (Å²) in [5.41, 5.74) is 0.204. The Hall–Kier alpha value is -6.04. The molecule has 18 heteroatoms. The predicted molar refractivity (Wildman–Crippen MR) is 209 cm³/mol. The minimum atomic E-state index is -1.17. The van der Waals surface area contributed by atoms with Crippen molar-refractivity contribution in [1.82, 2.24) is 16.0 Å². The van der Waals surface area contributed by atoms with Crippen LogP contribution >= 0.6 is 11.8 Å². The third-order valence-corrected chi connectivity index (χ3v) is 8.26. The van der Waals surface area contributed by atoms with Crippen molar-refractivity contribution in [3.05, 3.63) is 94.0 Å². The number of unbranched alkanes of at least 4 members (excludes halogenated alkanes) is 1. The van der Waals surface area contributed by atoms with Crippen molar-refractivity contribution in [2.45, 2.75) is 70.8 Å². The van der Waals surface area contributed by atoms with Crippen LogP contribution in [0, 0.1) is 10.1 Å². The third-order valence-electron chi connectivity index (χ3n) is 7.65. The summed E-state index contributed by atoms with van der Waals surface area (Å²) in [5.74, 6) is -0.548. The molecule has 3 amide bonds. The van der Waals surface area contributed by atoms with Crippen molar-refractivity contribution < 1.29 is 57.3 Å². The van der Waals surface area contributed by atoms with Gasteiger partial charge in [0.15, 0.2) is 11.5 Å². The van der Waals surface area contributed by atoms with Crippen LogP contribution in [0.1, 0.15) is 63.7 Å². The molecule has 0 saturated carbocycles. The van der Waals surface area contributed by atoms with E-state index < -0.39 is 47.0 Å². The van der Waals surface area contributed by atoms with E-state index in [1.54, 1.807) is 45.0 Å². The Bertz CT molecular complexity index is 1800. The van der Waals surface area contributed by atoms with Gasteiger partial charge in [0.2, 0.25) is 5.91 Å². The zero-order chi connectivity index (χ0) is 41.8. The first-order valence-corrected chi connectivity index (χ1v) is 19.3. The normalized spacial score (nSPS) is 11.9. The van der Waals surface area contributed by atoms with Gasteiger partial charge in [-0.2, -0.15) is 11.8 Å². The number of amides is 3. The smallest absolute Gasteiger partial charge is 0.493 e. The topological polar surface area (TPSA) is 220 Å². The molecule has 3 rings (SSSR count). The van der Waals surface area contributed by atoms with Gasteiger partial charge in [0.05, 0.1) is 18.6 Å². The molecule has 0 spiro atoms. The monoisotopic (exact) mass is 812 g/mol. The number of hydrogen-bond acceptors (Lipinski definition) is 14. The maximum Gasteiger partial charge on any atom is 0.514 e. The number of methoxy groups -OCH3 is 1. The lowest BCUT2D eigenvalue weighted by molar-refractivity contribution is -0.384. The van der Waals surface area contributed by atoms with Crippen LogP contribution in [-0.4, -0.2) is 79.0 Å². The number of thioether (sulfide) groups is 1. The molecule has 2 atom stereocenters. The molecular formula is C39H48N4O13S. The number of esters is 1. The first-order chi connectivity index (χ1) is 27.2. The molecule has 0 radical (unpaired) electrons. The summed E-state index contributed by atoms with van der Waals surface area (Å²) < 4.78 is 32.6. The maximum atomic E-state index is 13.6. The van der Waals surface area contributed by atoms with Gasteiger partial charge in [-0.05, 0) is 81.7 Å². The lowest BCUT2D eigenvalue weighted by Gasteiger charge is -2.21. The van der Waals surface area contributed by atoms with Crippen LogP contribution in [0.4, 0.5) is 20.1 Å². The van der Waals surface area contributed by atoms with Crippen LogP contribution < -0.4 is 30.2 Å². The van der Waals surface area contributed by atoms with E-state index in [1.807, 2.05) is 12.3 Å². The summed E-state index contributed by atoms with van der Waals surface area (Å²) in [6, 6.07) is 16.9. The fraction of sp³-hybridized carbons (Fsp3) is 0.410. The molecule has 0 aliphatic carbocycles. The van der Waals surface area contributed by atoms with Gasteiger partial charge in [0, 0.05) is 30.9 Å². The minimum absolute atomic E-state index is 0.0142. The van der Waals surface area contributed by atoms with E-state index in [4.69, 9.17) is 28.4 Å². The first-order valence-electron chi connectivity index (χ1n) is 17.9. The number of alkyl carbamates (subject to hydrolysis) is 2. The lowest BCUT2D eigenvalue weighted by Crippen LogP contribution is -2.43. The minimum Gasteiger partial charge on any atom is -0.493 e. The summed E-state index contributed by atoms with van der Waals surface area (Å²) in [6.07, 6.45) is -0.666. The summed E-state index contributed by atoms with van der Waals surface area (Å²) in [4.78, 5) is 74.1. The van der Waals surface area contributed by atoms with Crippen molar-refractivity contribution in [3.63, 3.8) is 0 Å². The number of benzene rings is 3. The molecule has 3 aromatic rings. The molecule has 0 heterocycles. The van der Waals surface area contributed by atoms with Crippen LogP contribution in [-0.2, 0) is 30.4 Å². The quantitative estimate of drug-likeness (QED) is 0.0208. The van der Waals surface area contributed by atoms with Crippen LogP contribution in [0.3, 0.4) is 0 Å². The van der Waals surface area contributed by atoms with Crippen LogP contribution in [0.2, 0.25) is 0 Å². The largest absolute Gasteiger partial charge is 0.514 e. The Morgan fingerprint density at radius 1 is 0.877 bits per heavy atom. The van der Waals surface area contributed by atoms with Gasteiger partial charge < -0.3 is 44.4 Å². The first kappa shape index (κ1) is 45.4. The third kappa shape index (κ3) is 17.1. The SMILES string of the molecule is COc1cc(C(CNC(=O)CCSC)OC(=O)Oc2ccc([N+](=O)[O-])cc2)ccc1OC(=O)[C@H](CCCCNC(=O)OC(C)(C)C)NC(=O)OCc1ccccc1. The van der Waals surface area contributed by atoms with Gasteiger partial charge in [-0.15, -0.1) is 0 Å². The van der Waals surface area contributed by atoms with E-state index in [2.05, 4.69) is 16.0 Å². The molecule has 17 nitrogen and oxygen atoms in total. The number of ether oxygens (including phenoxy) is 6. The molecular weight excluding hydrogens is 765 g/mol. The summed E-state index contributed by atoms with van der Waals surface area (Å²) in [5, 5.41) is 18.9. The number of hydrogen-bond donors (Lipinski definition) is 3. The number of nitro groups is 1. The molecule has 3 aromatic carbocycles. The second kappa shape index (κ2) is 23.1. The van der Waals surface area contributed by atoms with Gasteiger partial charge in [-0.3, -0.25) is 14.9 Å². The zero-order valence-corrected chi connectivity index (χ0v) is 33.2. The van der Waals surface area contributed by atoms with E-state index in [9.17, 15) is 34.1 Å². The van der Waals surface area contributed by atoms with Gasteiger partial charge >= 0.3 is 24.3 Å². The van der Waals surface area contributed by atoms with Crippen LogP contribution in [0.15, 0.2) is 72.8 Å². The Morgan fingerprint density at radius 3 is 2.25 bits per heavy atom. The second-order valence-corrected chi connectivity index (χ2v) is 14.3. The summed E-state index contributed by atoms with van der Waals surface area (Å²) in [6.45, 7) is 5.30. The van der Waals surface area contributed by atoms with Crippen molar-refractivity contribution >= 4 is 47.7 Å². The highest BCUT2D eigenvalue weighted by atomic mass is 32.2. The average Bonchev–Trinajstić information content (AvgIpc) is 3.17. The molecule has 1 unspecified atom stereocenters. The molecule has 0 bridgehead atoms. The number of rotatable bonds is 20. The van der Waals surface area contributed by atoms with E-state index in [0.29, 0.717) is 24.2 Å². The van der Waals surface area contributed by atoms with Crippen LogP contribution in [0.5, 0.6) is 17.2 Å². The van der Waals surface area contributed by atoms with Gasteiger partial charge in [0.25, 0.3) is 5.69 Å². The Labute approximate surface area is 334 Å². The van der Waals surface area contributed by atoms with Crippen LogP contribution in [0.25, 0.3) is 0 Å². The van der Waals surface area contributed by atoms with E-state index in [-0.39, 0.29) is 61.4 Å². The Morgan fingerprint density at radius 2 is 1.60 bits per heavy atom. The Kier molecular flexibility index (Phi) is 18.4. The molecule has 0 aliphatic heterocycles. The van der Waals surface area contributed by atoms with Gasteiger partial charge in [-0.1, -0.05) is 36.4 Å². The van der Waals surface area contributed by atoms with Crippen molar-refractivity contribution in [1.29, 1.82) is 0 Å². The number of nitrogens with zero attached hydrogens (tertiary/aromatic N) is 1.